The second kappa shape index (κ2) is 33.8. The van der Waals surface area contributed by atoms with E-state index in [1.807, 2.05) is 116 Å². The van der Waals surface area contributed by atoms with Gasteiger partial charge in [-0.05, 0) is 121 Å². The van der Waals surface area contributed by atoms with Crippen molar-refractivity contribution in [1.82, 2.24) is 62.9 Å². The van der Waals surface area contributed by atoms with Crippen molar-refractivity contribution < 1.29 is 56.4 Å². The molecule has 9 aliphatic rings. The van der Waals surface area contributed by atoms with Crippen molar-refractivity contribution in [3.05, 3.63) is 222 Å². The Hall–Kier alpha value is -8.74. The number of fused-ring (bicyclic) bond motifs is 9. The summed E-state index contributed by atoms with van der Waals surface area (Å²) in [6, 6.07) is 16.8. The summed E-state index contributed by atoms with van der Waals surface area (Å²) >= 11 is 1.91. The summed E-state index contributed by atoms with van der Waals surface area (Å²) in [6.45, 7) is 39.5. The van der Waals surface area contributed by atoms with E-state index in [1.54, 1.807) is 102 Å². The minimum Gasteiger partial charge on any atom is -0.491 e. The van der Waals surface area contributed by atoms with E-state index in [0.717, 1.165) is 57.7 Å². The highest BCUT2D eigenvalue weighted by atomic mass is 32.2. The van der Waals surface area contributed by atoms with Crippen LogP contribution in [0.3, 0.4) is 0 Å². The maximum Gasteiger partial charge on any atom is 0.266 e. The van der Waals surface area contributed by atoms with Crippen molar-refractivity contribution in [3.8, 4) is 5.75 Å². The maximum absolute atomic E-state index is 12.0. The number of anilines is 1. The summed E-state index contributed by atoms with van der Waals surface area (Å²) in [5.74, 6) is 1.93. The van der Waals surface area contributed by atoms with E-state index in [2.05, 4.69) is 125 Å². The number of likely N-dealkylation sites (N-methyl/N-ethyl adjacent to an activating group) is 2. The molecule has 0 fully saturated rings. The van der Waals surface area contributed by atoms with Crippen molar-refractivity contribution in [2.75, 3.05) is 62.9 Å². The van der Waals surface area contributed by atoms with Crippen LogP contribution in [0.1, 0.15) is 185 Å². The predicted octanol–water partition coefficient (Wildman–Crippen LogP) is 11.5. The molecule has 117 heavy (non-hydrogen) atoms. The Labute approximate surface area is 697 Å². The summed E-state index contributed by atoms with van der Waals surface area (Å²) in [5.41, 5.74) is 10.3. The molecule has 34 heteroatoms. The van der Waals surface area contributed by atoms with Gasteiger partial charge in [-0.2, -0.15) is 4.31 Å². The lowest BCUT2D eigenvalue weighted by Gasteiger charge is -2.36. The van der Waals surface area contributed by atoms with Crippen molar-refractivity contribution in [1.29, 1.82) is 0 Å². The van der Waals surface area contributed by atoms with E-state index < -0.39 is 83.7 Å². The Morgan fingerprint density at radius 2 is 0.923 bits per heavy atom. The Balaban J connectivity index is 0.000000139. The summed E-state index contributed by atoms with van der Waals surface area (Å²) in [6.07, 6.45) is 29.9. The van der Waals surface area contributed by atoms with Gasteiger partial charge in [0.25, 0.3) is 15.9 Å². The van der Waals surface area contributed by atoms with Crippen LogP contribution in [0.5, 0.6) is 5.75 Å². The van der Waals surface area contributed by atoms with Crippen LogP contribution < -0.4 is 19.5 Å². The minimum absolute atomic E-state index is 0.0565. The molecule has 18 rings (SSSR count). The zero-order valence-corrected chi connectivity index (χ0v) is 75.3. The van der Waals surface area contributed by atoms with Crippen LogP contribution in [0.15, 0.2) is 196 Å². The fraction of sp³-hybridized carbons (Fsp3) is 0.434. The van der Waals surface area contributed by atoms with Crippen LogP contribution in [0.25, 0.3) is 0 Å². The molecule has 2 atom stereocenters. The number of sulfone groups is 1. The number of amides is 2. The van der Waals surface area contributed by atoms with Crippen LogP contribution in [0.4, 0.5) is 5.69 Å². The molecule has 18 heterocycles. The van der Waals surface area contributed by atoms with E-state index in [4.69, 9.17) is 4.74 Å². The van der Waals surface area contributed by atoms with Crippen molar-refractivity contribution in [2.45, 2.75) is 202 Å². The molecule has 9 aromatic rings. The normalized spacial score (nSPS) is 22.2. The van der Waals surface area contributed by atoms with E-state index >= 15 is 0 Å². The van der Waals surface area contributed by atoms with E-state index in [9.17, 15) is 51.7 Å². The van der Waals surface area contributed by atoms with Crippen molar-refractivity contribution in [3.63, 3.8) is 0 Å². The predicted molar refractivity (Wildman–Crippen MR) is 454 cm³/mol. The van der Waals surface area contributed by atoms with Crippen LogP contribution in [0.2, 0.25) is 0 Å². The molecule has 3 N–H and O–H groups in total. The van der Waals surface area contributed by atoms with Gasteiger partial charge in [-0.1, -0.05) is 96.9 Å². The molecule has 626 valence electrons. The number of ether oxygens (including phenoxy) is 1. The summed E-state index contributed by atoms with van der Waals surface area (Å²) < 4.78 is 129. The third kappa shape index (κ3) is 19.3. The number of nitrogens with zero attached hydrogens (tertiary/aromatic N) is 11. The molecule has 0 bridgehead atoms. The molecule has 0 aromatic carbocycles. The second-order valence-corrected chi connectivity index (χ2v) is 47.0. The van der Waals surface area contributed by atoms with Crippen molar-refractivity contribution >= 4 is 91.0 Å². The van der Waals surface area contributed by atoms with Crippen LogP contribution in [-0.4, -0.2) is 165 Å². The number of pyridine rings is 9. The lowest BCUT2D eigenvalue weighted by atomic mass is 9.84. The minimum atomic E-state index is -3.72. The third-order valence-electron chi connectivity index (χ3n) is 21.7. The largest absolute Gasteiger partial charge is 0.491 e. The molecular weight excluding hydrogens is 1630 g/mol. The number of rotatable bonds is 0. The molecule has 0 saturated carbocycles. The maximum atomic E-state index is 12.0. The number of thioether (sulfide) groups is 1. The first-order valence-corrected chi connectivity index (χ1v) is 47.1. The molecule has 2 unspecified atom stereocenters. The fourth-order valence-electron chi connectivity index (χ4n) is 14.8. The summed E-state index contributed by atoms with van der Waals surface area (Å²) in [7, 11) is -12.2. The molecule has 0 radical (unpaired) electrons. The van der Waals surface area contributed by atoms with Gasteiger partial charge in [-0.15, -0.1) is 11.8 Å². The molecule has 0 saturated heterocycles. The van der Waals surface area contributed by atoms with E-state index in [0.29, 0.717) is 38.4 Å². The molecule has 27 nitrogen and oxygen atoms in total. The number of carbonyl (C=O) groups excluding carboxylic acids is 2. The highest BCUT2D eigenvalue weighted by Gasteiger charge is 2.47. The Kier molecular flexibility index (Phi) is 26.2. The fourth-order valence-corrected chi connectivity index (χ4v) is 25.6. The third-order valence-corrected chi connectivity index (χ3v) is 33.7. The van der Waals surface area contributed by atoms with Gasteiger partial charge >= 0.3 is 0 Å². The van der Waals surface area contributed by atoms with Gasteiger partial charge in [0.15, 0.2) is 9.84 Å². The number of nitrogens with one attached hydrogen (secondary N) is 3. The molecule has 2 amide bonds. The van der Waals surface area contributed by atoms with Crippen LogP contribution in [0, 0.1) is 0 Å². The molecule has 0 spiro atoms. The lowest BCUT2D eigenvalue weighted by Crippen LogP contribution is -2.48. The highest BCUT2D eigenvalue weighted by Crippen LogP contribution is 2.45. The highest BCUT2D eigenvalue weighted by molar-refractivity contribution is 7.99. The average molecular weight is 1730 g/mol. The number of sulfonamides is 3. The molecular formula is C83H104N14O13S7. The zero-order valence-electron chi connectivity index (χ0n) is 69.6. The Morgan fingerprint density at radius 1 is 0.444 bits per heavy atom. The summed E-state index contributed by atoms with van der Waals surface area (Å²) in [5, 5.41) is 3.35. The second-order valence-electron chi connectivity index (χ2n) is 35.1. The Morgan fingerprint density at radius 3 is 1.50 bits per heavy atom. The van der Waals surface area contributed by atoms with Gasteiger partial charge in [-0.25, -0.2) is 51.6 Å². The van der Waals surface area contributed by atoms with Gasteiger partial charge in [-0.3, -0.25) is 58.7 Å². The lowest BCUT2D eigenvalue weighted by molar-refractivity contribution is -0.124. The quantitative estimate of drug-likeness (QED) is 0.127. The number of carbonyl (C=O) groups is 2. The first kappa shape index (κ1) is 90.6. The number of aromatic nitrogens is 9. The van der Waals surface area contributed by atoms with Crippen molar-refractivity contribution in [2.24, 2.45) is 0 Å². The van der Waals surface area contributed by atoms with Gasteiger partial charge < -0.3 is 10.1 Å². The zero-order chi connectivity index (χ0) is 86.3. The van der Waals surface area contributed by atoms with Gasteiger partial charge in [0.1, 0.15) is 31.3 Å². The average Bonchev–Trinajstić information content (AvgIpc) is 1.70. The first-order valence-electron chi connectivity index (χ1n) is 37.6. The standard InChI is InChI=1S/C10H14N2O2S.C10H14N2OS.2C9H10N2O3S.C9H12N2.C9H11NO2S.C9H11NOS.C9H11NO.C9H11NS/c1-10(2)7-12(3)15(13,14)9-6-11-5-4-8(9)10;1-10(2)7-12(3)14(13)9-6-11-5-4-8(9)10;1-9(2)7-3-4-10-5-6(7)8(12)11-15(9,13)14;1-9(2)6-3-4-10-5-7(6)15(13,14)11-8(9)12;1-9(2)6-11-8-3-4-10-5-7(8)9;1-9(2)6-13(11,12)8-5-10-4-3-7(8)9;1-9(2)6-12(11)8-5-10-4-3-7(8)9;2*1-9(2)6-11-8-5-10-4-3-7(8)9/h4-6H,7H2,1-3H3;4-6H,7H2,1-3H3;2*3-5H,1-2H3,(H,11,12);3-5,11H,6H2,1-2H3;3-5H,6H2,1-2H3;3-5H,6H2,1-2H3;2*3-5H,6H2,1-2H3. The molecule has 0 aliphatic carbocycles. The molecule has 9 aromatic heterocycles. The van der Waals surface area contributed by atoms with Crippen LogP contribution >= 0.6 is 11.8 Å². The number of hydrogen-bond acceptors (Lipinski definition) is 24. The van der Waals surface area contributed by atoms with Gasteiger partial charge in [0, 0.05) is 210 Å². The van der Waals surface area contributed by atoms with Gasteiger partial charge in [0.2, 0.25) is 26.0 Å². The van der Waals surface area contributed by atoms with Crippen LogP contribution in [-0.2, 0) is 115 Å². The summed E-state index contributed by atoms with van der Waals surface area (Å²) in [4.78, 5) is 62.5. The molecule has 9 aliphatic heterocycles. The first-order chi connectivity index (χ1) is 54.2. The smallest absolute Gasteiger partial charge is 0.266 e. The van der Waals surface area contributed by atoms with E-state index in [1.165, 1.54) is 80.1 Å². The Bertz CT molecular complexity index is 5660. The topological polar surface area (TPSA) is 373 Å². The number of hydrogen-bond donors (Lipinski definition) is 3. The monoisotopic (exact) mass is 1730 g/mol. The van der Waals surface area contributed by atoms with Gasteiger partial charge in [0.05, 0.1) is 55.0 Å². The van der Waals surface area contributed by atoms with E-state index in [-0.39, 0.29) is 43.1 Å². The SMILES string of the molecule is CC1(C)C(=O)NS(=O)(=O)c2cnccc21.CC1(C)CNc2ccncc21.CC1(C)COc2cnccc21.CC1(C)CS(=O)(=O)c2cnccc21.CC1(C)CS(=O)c2cnccc21.CC1(C)CSc2cnccc21.CC1(C)c2ccncc2C(=O)NS1(=O)=O.CN1CC(C)(C)c2ccncc2S1(=O)=O.CN1CC(C)(C)c2ccncc2S1=O.